The summed E-state index contributed by atoms with van der Waals surface area (Å²) in [7, 11) is 0. The Morgan fingerprint density at radius 3 is 2.76 bits per heavy atom. The van der Waals surface area contributed by atoms with Crippen LogP contribution < -0.4 is 10.7 Å². The Morgan fingerprint density at radius 1 is 1.33 bits per heavy atom. The van der Waals surface area contributed by atoms with Gasteiger partial charge in [-0.25, -0.2) is 0 Å². The lowest BCUT2D eigenvalue weighted by molar-refractivity contribution is 0.102. The number of hydrogen-bond donors (Lipinski definition) is 3. The predicted molar refractivity (Wildman–Crippen MR) is 80.2 cm³/mol. The van der Waals surface area contributed by atoms with Crippen LogP contribution in [0.5, 0.6) is 0 Å². The predicted octanol–water partition coefficient (Wildman–Crippen LogP) is 2.13. The molecule has 0 aliphatic carbocycles. The normalized spacial score (nSPS) is 11.2. The summed E-state index contributed by atoms with van der Waals surface area (Å²) in [6, 6.07) is 8.19. The highest BCUT2D eigenvalue weighted by Gasteiger charge is 2.11. The lowest BCUT2D eigenvalue weighted by atomic mass is 10.1. The monoisotopic (exact) mass is 285 g/mol. The number of H-pyrrole nitrogens is 1. The molecule has 3 N–H and O–H groups in total. The number of carbonyl (C=O) groups is 1. The fourth-order valence-corrected chi connectivity index (χ4v) is 1.83. The minimum Gasteiger partial charge on any atom is -0.411 e. The number of nitrogens with zero attached hydrogens (tertiary/aromatic N) is 1. The van der Waals surface area contributed by atoms with E-state index in [1.807, 2.05) is 0 Å². The number of amides is 1. The minimum absolute atomic E-state index is 0.0403. The Balaban J connectivity index is 2.26. The summed E-state index contributed by atoms with van der Waals surface area (Å²) in [5, 5.41) is 14.5. The van der Waals surface area contributed by atoms with Gasteiger partial charge in [0.25, 0.3) is 5.91 Å². The van der Waals surface area contributed by atoms with Crippen LogP contribution in [0.2, 0.25) is 0 Å². The third-order valence-electron chi connectivity index (χ3n) is 2.99. The molecule has 6 nitrogen and oxygen atoms in total. The molecule has 1 amide bonds. The van der Waals surface area contributed by atoms with Crippen LogP contribution in [0.4, 0.5) is 5.69 Å². The first-order chi connectivity index (χ1) is 10.0. The van der Waals surface area contributed by atoms with E-state index < -0.39 is 5.91 Å². The molecule has 0 spiro atoms. The van der Waals surface area contributed by atoms with Gasteiger partial charge in [0.1, 0.15) is 5.56 Å². The topological polar surface area (TPSA) is 94.6 Å². The third kappa shape index (κ3) is 3.36. The van der Waals surface area contributed by atoms with Gasteiger partial charge in [0.15, 0.2) is 5.43 Å². The van der Waals surface area contributed by atoms with Crippen molar-refractivity contribution in [3.05, 3.63) is 63.6 Å². The van der Waals surface area contributed by atoms with Gasteiger partial charge in [0.2, 0.25) is 0 Å². The Hall–Kier alpha value is -2.89. The molecule has 0 bridgehead atoms. The Morgan fingerprint density at radius 2 is 2.10 bits per heavy atom. The molecule has 2 rings (SSSR count). The van der Waals surface area contributed by atoms with Gasteiger partial charge >= 0.3 is 0 Å². The van der Waals surface area contributed by atoms with Gasteiger partial charge < -0.3 is 15.5 Å². The number of hydrogen-bond acceptors (Lipinski definition) is 4. The number of nitrogens with one attached hydrogen (secondary N) is 2. The van der Waals surface area contributed by atoms with E-state index in [0.717, 1.165) is 0 Å². The molecule has 21 heavy (non-hydrogen) atoms. The molecule has 6 heteroatoms. The summed E-state index contributed by atoms with van der Waals surface area (Å²) in [5.74, 6) is -0.494. The van der Waals surface area contributed by atoms with Crippen LogP contribution in [0.1, 0.15) is 28.5 Å². The molecule has 0 aliphatic heterocycles. The van der Waals surface area contributed by atoms with Crippen molar-refractivity contribution in [3.63, 3.8) is 0 Å². The lowest BCUT2D eigenvalue weighted by Gasteiger charge is -2.07. The molecular weight excluding hydrogens is 270 g/mol. The number of benzene rings is 1. The van der Waals surface area contributed by atoms with Crippen molar-refractivity contribution in [2.45, 2.75) is 13.8 Å². The molecule has 1 heterocycles. The first kappa shape index (κ1) is 14.5. The second kappa shape index (κ2) is 6.04. The molecule has 0 saturated carbocycles. The number of rotatable bonds is 3. The van der Waals surface area contributed by atoms with Crippen molar-refractivity contribution in [2.24, 2.45) is 5.16 Å². The summed E-state index contributed by atoms with van der Waals surface area (Å²) in [6.07, 6.45) is 1.39. The van der Waals surface area contributed by atoms with Gasteiger partial charge in [-0.15, -0.1) is 0 Å². The molecule has 1 aromatic heterocycles. The smallest absolute Gasteiger partial charge is 0.261 e. The fraction of sp³-hybridized carbons (Fsp3) is 0.133. The molecule has 0 radical (unpaired) electrons. The van der Waals surface area contributed by atoms with Gasteiger partial charge in [-0.1, -0.05) is 17.3 Å². The first-order valence-electron chi connectivity index (χ1n) is 6.31. The maximum absolute atomic E-state index is 12.1. The summed E-state index contributed by atoms with van der Waals surface area (Å²) in [4.78, 5) is 26.7. The number of aromatic amines is 1. The van der Waals surface area contributed by atoms with Crippen molar-refractivity contribution >= 4 is 17.3 Å². The number of oxime groups is 1. The highest BCUT2D eigenvalue weighted by molar-refractivity contribution is 6.05. The van der Waals surface area contributed by atoms with Crippen molar-refractivity contribution in [1.82, 2.24) is 4.98 Å². The van der Waals surface area contributed by atoms with Gasteiger partial charge in [0.05, 0.1) is 5.71 Å². The maximum atomic E-state index is 12.1. The molecular formula is C15H15N3O3. The van der Waals surface area contributed by atoms with E-state index in [1.165, 1.54) is 12.3 Å². The van der Waals surface area contributed by atoms with Gasteiger partial charge in [-0.3, -0.25) is 9.59 Å². The zero-order valence-corrected chi connectivity index (χ0v) is 11.7. The van der Waals surface area contributed by atoms with E-state index in [2.05, 4.69) is 15.5 Å². The Labute approximate surface area is 121 Å². The van der Waals surface area contributed by atoms with E-state index >= 15 is 0 Å². The van der Waals surface area contributed by atoms with E-state index in [9.17, 15) is 9.59 Å². The van der Waals surface area contributed by atoms with E-state index in [4.69, 9.17) is 5.21 Å². The van der Waals surface area contributed by atoms with Gasteiger partial charge in [-0.05, 0) is 26.0 Å². The van der Waals surface area contributed by atoms with Crippen LogP contribution in [0, 0.1) is 6.92 Å². The summed E-state index contributed by atoms with van der Waals surface area (Å²) in [5.41, 5.74) is 2.01. The van der Waals surface area contributed by atoms with Crippen LogP contribution >= 0.6 is 0 Å². The highest BCUT2D eigenvalue weighted by atomic mass is 16.4. The van der Waals surface area contributed by atoms with Crippen molar-refractivity contribution in [3.8, 4) is 0 Å². The molecule has 0 fully saturated rings. The standard InChI is InChI=1S/C15H15N3O3/c1-9-6-14(19)13(8-16-9)15(20)17-12-5-3-4-11(7-12)10(2)18-21/h3-8,21H,1-2H3,(H,16,19)(H,17,20)/b18-10-. The quantitative estimate of drug-likeness (QED) is 0.458. The number of pyridine rings is 1. The van der Waals surface area contributed by atoms with E-state index in [1.54, 1.807) is 38.1 Å². The Bertz CT molecular complexity index is 763. The van der Waals surface area contributed by atoms with Crippen LogP contribution in [0.25, 0.3) is 0 Å². The second-order valence-electron chi connectivity index (χ2n) is 4.61. The molecule has 0 atom stereocenters. The molecule has 0 saturated heterocycles. The molecule has 0 unspecified atom stereocenters. The summed E-state index contributed by atoms with van der Waals surface area (Å²) >= 11 is 0. The van der Waals surface area contributed by atoms with Crippen molar-refractivity contribution in [2.75, 3.05) is 5.32 Å². The van der Waals surface area contributed by atoms with E-state index in [0.29, 0.717) is 22.7 Å². The van der Waals surface area contributed by atoms with Gasteiger partial charge in [-0.2, -0.15) is 0 Å². The number of anilines is 1. The van der Waals surface area contributed by atoms with Crippen LogP contribution in [-0.2, 0) is 0 Å². The second-order valence-corrected chi connectivity index (χ2v) is 4.61. The maximum Gasteiger partial charge on any atom is 0.261 e. The Kier molecular flexibility index (Phi) is 4.18. The van der Waals surface area contributed by atoms with Crippen LogP contribution in [-0.4, -0.2) is 21.8 Å². The summed E-state index contributed by atoms with van der Waals surface area (Å²) < 4.78 is 0. The first-order valence-corrected chi connectivity index (χ1v) is 6.31. The van der Waals surface area contributed by atoms with E-state index in [-0.39, 0.29) is 11.0 Å². The molecule has 1 aromatic carbocycles. The highest BCUT2D eigenvalue weighted by Crippen LogP contribution is 2.12. The zero-order valence-electron chi connectivity index (χ0n) is 11.7. The minimum atomic E-state index is -0.494. The third-order valence-corrected chi connectivity index (χ3v) is 2.99. The zero-order chi connectivity index (χ0) is 15.4. The van der Waals surface area contributed by atoms with Crippen molar-refractivity contribution in [1.29, 1.82) is 0 Å². The van der Waals surface area contributed by atoms with Crippen LogP contribution in [0.15, 0.2) is 46.5 Å². The lowest BCUT2D eigenvalue weighted by Crippen LogP contribution is -2.21. The molecule has 108 valence electrons. The number of aryl methyl sites for hydroxylation is 1. The largest absolute Gasteiger partial charge is 0.411 e. The summed E-state index contributed by atoms with van der Waals surface area (Å²) in [6.45, 7) is 3.38. The SMILES string of the molecule is C/C(=N/O)c1cccc(NC(=O)c2c[nH]c(C)cc2=O)c1. The average Bonchev–Trinajstić information content (AvgIpc) is 2.46. The molecule has 2 aromatic rings. The van der Waals surface area contributed by atoms with Crippen molar-refractivity contribution < 1.29 is 10.0 Å². The number of aromatic nitrogens is 1. The molecule has 0 aliphatic rings. The fourth-order valence-electron chi connectivity index (χ4n) is 1.83. The van der Waals surface area contributed by atoms with Gasteiger partial charge in [0, 0.05) is 29.2 Å². The van der Waals surface area contributed by atoms with Crippen LogP contribution in [0.3, 0.4) is 0 Å². The average molecular weight is 285 g/mol. The number of carbonyl (C=O) groups excluding carboxylic acids is 1.